The highest BCUT2D eigenvalue weighted by Crippen LogP contribution is 2.29. The lowest BCUT2D eigenvalue weighted by Crippen LogP contribution is -2.15. The molecule has 90 valence electrons. The molecule has 1 aromatic carbocycles. The van der Waals surface area contributed by atoms with Crippen LogP contribution in [0.25, 0.3) is 0 Å². The molecule has 0 fully saturated rings. The number of para-hydroxylation sites is 1. The number of aliphatic hydroxyl groups excluding tert-OH is 1. The molecule has 1 aromatic rings. The minimum Gasteiger partial charge on any atom is -0.489 e. The van der Waals surface area contributed by atoms with Gasteiger partial charge in [0.2, 0.25) is 0 Å². The number of methoxy groups -OCH3 is 1. The summed E-state index contributed by atoms with van der Waals surface area (Å²) in [7, 11) is 1.65. The van der Waals surface area contributed by atoms with E-state index in [0.717, 1.165) is 6.42 Å². The summed E-state index contributed by atoms with van der Waals surface area (Å²) >= 11 is 6.02. The second-order valence-electron chi connectivity index (χ2n) is 3.60. The number of rotatable bonds is 6. The Hall–Kier alpha value is -0.770. The minimum absolute atomic E-state index is 0.00477. The first-order valence-corrected chi connectivity index (χ1v) is 5.60. The third-order valence-electron chi connectivity index (χ3n) is 2.27. The number of ether oxygens (including phenoxy) is 2. The fraction of sp³-hybridized carbons (Fsp3) is 0.500. The van der Waals surface area contributed by atoms with Crippen LogP contribution in [0.5, 0.6) is 5.75 Å². The third-order valence-corrected chi connectivity index (χ3v) is 2.56. The van der Waals surface area contributed by atoms with Crippen LogP contribution in [0.1, 0.15) is 18.9 Å². The molecule has 0 heterocycles. The fourth-order valence-electron chi connectivity index (χ4n) is 1.35. The van der Waals surface area contributed by atoms with E-state index in [1.165, 1.54) is 0 Å². The first-order valence-electron chi connectivity index (χ1n) is 5.23. The van der Waals surface area contributed by atoms with Crippen LogP contribution in [0.4, 0.5) is 0 Å². The van der Waals surface area contributed by atoms with Gasteiger partial charge in [0.25, 0.3) is 0 Å². The number of hydrogen-bond donors (Lipinski definition) is 1. The molecule has 0 spiro atoms. The van der Waals surface area contributed by atoms with Crippen molar-refractivity contribution in [3.63, 3.8) is 0 Å². The quantitative estimate of drug-likeness (QED) is 0.836. The lowest BCUT2D eigenvalue weighted by molar-refractivity contribution is 0.133. The zero-order valence-corrected chi connectivity index (χ0v) is 10.3. The second-order valence-corrected chi connectivity index (χ2v) is 4.00. The number of hydrogen-bond acceptors (Lipinski definition) is 3. The number of halogens is 1. The van der Waals surface area contributed by atoms with Crippen LogP contribution in [0, 0.1) is 0 Å². The van der Waals surface area contributed by atoms with Crippen molar-refractivity contribution < 1.29 is 14.6 Å². The average Bonchev–Trinajstić information content (AvgIpc) is 2.29. The summed E-state index contributed by atoms with van der Waals surface area (Å²) in [6.07, 6.45) is 0.789. The SMILES string of the molecule is COCCC(C)Oc1c(Cl)cccc1CO. The molecule has 0 saturated carbocycles. The van der Waals surface area contributed by atoms with E-state index in [1.807, 2.05) is 6.92 Å². The van der Waals surface area contributed by atoms with Crippen molar-refractivity contribution in [1.82, 2.24) is 0 Å². The lowest BCUT2D eigenvalue weighted by Gasteiger charge is -2.17. The topological polar surface area (TPSA) is 38.7 Å². The summed E-state index contributed by atoms with van der Waals surface area (Å²) in [5, 5.41) is 9.69. The maximum absolute atomic E-state index is 9.17. The normalized spacial score (nSPS) is 12.5. The molecule has 3 nitrogen and oxygen atoms in total. The summed E-state index contributed by atoms with van der Waals surface area (Å²) in [5.74, 6) is 0.565. The Kier molecular flexibility index (Phi) is 5.60. The van der Waals surface area contributed by atoms with Crippen molar-refractivity contribution in [2.75, 3.05) is 13.7 Å². The van der Waals surface area contributed by atoms with Crippen molar-refractivity contribution >= 4 is 11.6 Å². The van der Waals surface area contributed by atoms with E-state index in [9.17, 15) is 0 Å². The fourth-order valence-corrected chi connectivity index (χ4v) is 1.59. The largest absolute Gasteiger partial charge is 0.489 e. The molecular weight excluding hydrogens is 228 g/mol. The van der Waals surface area contributed by atoms with Crippen LogP contribution >= 0.6 is 11.6 Å². The lowest BCUT2D eigenvalue weighted by atomic mass is 10.2. The molecule has 1 rings (SSSR count). The first-order chi connectivity index (χ1) is 7.69. The molecule has 0 aliphatic heterocycles. The van der Waals surface area contributed by atoms with Crippen molar-refractivity contribution in [2.24, 2.45) is 0 Å². The van der Waals surface area contributed by atoms with Crippen LogP contribution in [0.2, 0.25) is 5.02 Å². The number of benzene rings is 1. The van der Waals surface area contributed by atoms with E-state index in [0.29, 0.717) is 22.9 Å². The summed E-state index contributed by atoms with van der Waals surface area (Å²) in [6.45, 7) is 2.51. The van der Waals surface area contributed by atoms with E-state index < -0.39 is 0 Å². The van der Waals surface area contributed by atoms with E-state index in [2.05, 4.69) is 0 Å². The van der Waals surface area contributed by atoms with Crippen molar-refractivity contribution in [3.05, 3.63) is 28.8 Å². The maximum Gasteiger partial charge on any atom is 0.143 e. The van der Waals surface area contributed by atoms with Gasteiger partial charge in [-0.05, 0) is 13.0 Å². The second kappa shape index (κ2) is 6.74. The summed E-state index contributed by atoms with van der Waals surface area (Å²) in [6, 6.07) is 5.34. The molecular formula is C12H17ClO3. The van der Waals surface area contributed by atoms with E-state index in [-0.39, 0.29) is 12.7 Å². The van der Waals surface area contributed by atoms with Gasteiger partial charge in [-0.2, -0.15) is 0 Å². The molecule has 0 bridgehead atoms. The summed E-state index contributed by atoms with van der Waals surface area (Å²) in [5.41, 5.74) is 0.705. The van der Waals surface area contributed by atoms with Gasteiger partial charge in [-0.1, -0.05) is 23.7 Å². The Labute approximate surface area is 101 Å². The zero-order valence-electron chi connectivity index (χ0n) is 9.57. The number of aliphatic hydroxyl groups is 1. The maximum atomic E-state index is 9.17. The molecule has 1 unspecified atom stereocenters. The monoisotopic (exact) mass is 244 g/mol. The molecule has 0 aromatic heterocycles. The van der Waals surface area contributed by atoms with Gasteiger partial charge in [0.1, 0.15) is 5.75 Å². The van der Waals surface area contributed by atoms with Gasteiger partial charge in [0.15, 0.2) is 0 Å². The Bertz CT molecular complexity index is 328. The highest BCUT2D eigenvalue weighted by Gasteiger charge is 2.11. The molecule has 1 N–H and O–H groups in total. The van der Waals surface area contributed by atoms with Gasteiger partial charge in [-0.25, -0.2) is 0 Å². The molecule has 0 saturated heterocycles. The van der Waals surface area contributed by atoms with Crippen LogP contribution in [-0.4, -0.2) is 24.9 Å². The predicted octanol–water partition coefficient (Wildman–Crippen LogP) is 2.64. The van der Waals surface area contributed by atoms with Crippen molar-refractivity contribution in [2.45, 2.75) is 26.1 Å². The third kappa shape index (κ3) is 3.67. The van der Waals surface area contributed by atoms with E-state index >= 15 is 0 Å². The standard InChI is InChI=1S/C12H17ClO3/c1-9(6-7-15-2)16-12-10(8-14)4-3-5-11(12)13/h3-5,9,14H,6-8H2,1-2H3. The molecule has 0 aliphatic rings. The predicted molar refractivity (Wildman–Crippen MR) is 64.0 cm³/mol. The van der Waals surface area contributed by atoms with Crippen LogP contribution in [-0.2, 0) is 11.3 Å². The highest BCUT2D eigenvalue weighted by atomic mass is 35.5. The van der Waals surface area contributed by atoms with Crippen molar-refractivity contribution in [3.8, 4) is 5.75 Å². The Morgan fingerprint density at radius 3 is 2.81 bits per heavy atom. The van der Waals surface area contributed by atoms with Crippen LogP contribution in [0.3, 0.4) is 0 Å². The molecule has 16 heavy (non-hydrogen) atoms. The Morgan fingerprint density at radius 1 is 1.44 bits per heavy atom. The van der Waals surface area contributed by atoms with Gasteiger partial charge in [-0.3, -0.25) is 0 Å². The smallest absolute Gasteiger partial charge is 0.143 e. The molecule has 0 amide bonds. The molecule has 0 aliphatic carbocycles. The van der Waals surface area contributed by atoms with Gasteiger partial charge in [0, 0.05) is 25.7 Å². The minimum atomic E-state index is -0.0765. The molecule has 4 heteroatoms. The summed E-state index contributed by atoms with van der Waals surface area (Å²) < 4.78 is 10.7. The van der Waals surface area contributed by atoms with Gasteiger partial charge in [-0.15, -0.1) is 0 Å². The van der Waals surface area contributed by atoms with Crippen LogP contribution < -0.4 is 4.74 Å². The Balaban J connectivity index is 2.71. The van der Waals surface area contributed by atoms with E-state index in [1.54, 1.807) is 25.3 Å². The first kappa shape index (κ1) is 13.3. The Morgan fingerprint density at radius 2 is 2.19 bits per heavy atom. The van der Waals surface area contributed by atoms with Crippen molar-refractivity contribution in [1.29, 1.82) is 0 Å². The molecule has 1 atom stereocenters. The van der Waals surface area contributed by atoms with Crippen LogP contribution in [0.15, 0.2) is 18.2 Å². The summed E-state index contributed by atoms with van der Waals surface area (Å²) in [4.78, 5) is 0. The molecule has 0 radical (unpaired) electrons. The van der Waals surface area contributed by atoms with Gasteiger partial charge in [0.05, 0.1) is 17.7 Å². The zero-order chi connectivity index (χ0) is 12.0. The van der Waals surface area contributed by atoms with Gasteiger partial charge >= 0.3 is 0 Å². The van der Waals surface area contributed by atoms with E-state index in [4.69, 9.17) is 26.2 Å². The highest BCUT2D eigenvalue weighted by molar-refractivity contribution is 6.32. The average molecular weight is 245 g/mol. The van der Waals surface area contributed by atoms with Gasteiger partial charge < -0.3 is 14.6 Å².